The van der Waals surface area contributed by atoms with Gasteiger partial charge in [0.1, 0.15) is 6.61 Å². The molecule has 7 heteroatoms. The van der Waals surface area contributed by atoms with Crippen molar-refractivity contribution in [3.63, 3.8) is 0 Å². The highest BCUT2D eigenvalue weighted by Crippen LogP contribution is 2.45. The number of ether oxygens (including phenoxy) is 2. The van der Waals surface area contributed by atoms with E-state index in [1.807, 2.05) is 12.1 Å². The van der Waals surface area contributed by atoms with Crippen LogP contribution in [-0.4, -0.2) is 72.0 Å². The molecule has 37 heavy (non-hydrogen) atoms. The minimum absolute atomic E-state index is 0.0271. The van der Waals surface area contributed by atoms with Gasteiger partial charge in [-0.15, -0.1) is 11.6 Å². The van der Waals surface area contributed by atoms with Crippen LogP contribution in [0.5, 0.6) is 0 Å². The van der Waals surface area contributed by atoms with Gasteiger partial charge in [-0.25, -0.2) is 0 Å². The Balaban J connectivity index is 1.34. The van der Waals surface area contributed by atoms with E-state index in [0.717, 1.165) is 102 Å². The fraction of sp³-hybridized carbons (Fsp3) is 0.767. The predicted molar refractivity (Wildman–Crippen MR) is 148 cm³/mol. The number of carbonyl (C=O) groups is 1. The molecule has 3 rings (SSSR count). The summed E-state index contributed by atoms with van der Waals surface area (Å²) in [6.45, 7) is 6.75. The molecule has 2 aliphatic rings. The Morgan fingerprint density at radius 1 is 1.11 bits per heavy atom. The fourth-order valence-corrected chi connectivity index (χ4v) is 6.24. The van der Waals surface area contributed by atoms with E-state index in [1.54, 1.807) is 0 Å². The number of rotatable bonds is 16. The average Bonchev–Trinajstić information content (AvgIpc) is 3.19. The maximum atomic E-state index is 12.0. The van der Waals surface area contributed by atoms with E-state index < -0.39 is 12.2 Å². The molecule has 1 saturated heterocycles. The number of hydrogen-bond donors (Lipinski definition) is 2. The minimum atomic E-state index is -0.430. The lowest BCUT2D eigenvalue weighted by Gasteiger charge is -2.26. The number of morpholine rings is 1. The first-order valence-electron chi connectivity index (χ1n) is 14.5. The summed E-state index contributed by atoms with van der Waals surface area (Å²) in [6, 6.07) is 8.16. The first-order valence-corrected chi connectivity index (χ1v) is 15.0. The molecule has 0 spiro atoms. The molecule has 1 saturated carbocycles. The number of benzene rings is 1. The molecule has 0 aromatic heterocycles. The molecule has 5 atom stereocenters. The van der Waals surface area contributed by atoms with E-state index in [0.29, 0.717) is 19.4 Å². The van der Waals surface area contributed by atoms with Gasteiger partial charge in [0.05, 0.1) is 25.4 Å². The third-order valence-electron chi connectivity index (χ3n) is 8.04. The van der Waals surface area contributed by atoms with E-state index in [4.69, 9.17) is 21.1 Å². The molecule has 1 aromatic rings. The van der Waals surface area contributed by atoms with Crippen LogP contribution >= 0.6 is 11.6 Å². The van der Waals surface area contributed by atoms with Crippen LogP contribution < -0.4 is 0 Å². The van der Waals surface area contributed by atoms with Gasteiger partial charge in [0.2, 0.25) is 0 Å². The van der Waals surface area contributed by atoms with Gasteiger partial charge in [-0.2, -0.15) is 0 Å². The SMILES string of the molecule is CCCCCC(O)c1ccc(C2C(CCCCCCC(=O)OCCN3CCOCC3)[C@H](Cl)C[C@H]2O)cc1. The highest BCUT2D eigenvalue weighted by atomic mass is 35.5. The van der Waals surface area contributed by atoms with E-state index >= 15 is 0 Å². The van der Waals surface area contributed by atoms with E-state index in [9.17, 15) is 15.0 Å². The van der Waals surface area contributed by atoms with Gasteiger partial charge in [0.25, 0.3) is 0 Å². The second kappa shape index (κ2) is 16.7. The van der Waals surface area contributed by atoms with Crippen molar-refractivity contribution >= 4 is 17.6 Å². The lowest BCUT2D eigenvalue weighted by atomic mass is 9.83. The van der Waals surface area contributed by atoms with Crippen LogP contribution in [0.1, 0.15) is 101 Å². The highest BCUT2D eigenvalue weighted by molar-refractivity contribution is 6.21. The molecule has 1 aromatic carbocycles. The number of alkyl halides is 1. The van der Waals surface area contributed by atoms with Crippen molar-refractivity contribution in [3.05, 3.63) is 35.4 Å². The van der Waals surface area contributed by atoms with Crippen molar-refractivity contribution in [1.29, 1.82) is 0 Å². The van der Waals surface area contributed by atoms with Crippen LogP contribution in [0.15, 0.2) is 24.3 Å². The van der Waals surface area contributed by atoms with Gasteiger partial charge in [-0.05, 0) is 42.7 Å². The van der Waals surface area contributed by atoms with Gasteiger partial charge in [0.15, 0.2) is 0 Å². The summed E-state index contributed by atoms with van der Waals surface area (Å²) in [4.78, 5) is 14.3. The molecule has 2 N–H and O–H groups in total. The summed E-state index contributed by atoms with van der Waals surface area (Å²) in [5.41, 5.74) is 2.07. The Kier molecular flexibility index (Phi) is 13.7. The molecule has 1 heterocycles. The Labute approximate surface area is 228 Å². The summed E-state index contributed by atoms with van der Waals surface area (Å²) in [6.07, 6.45) is 9.26. The summed E-state index contributed by atoms with van der Waals surface area (Å²) in [5, 5.41) is 21.2. The topological polar surface area (TPSA) is 79.2 Å². The standard InChI is InChI=1S/C30H48ClNO5/c1-2-3-6-10-27(33)23-12-14-24(15-13-23)30-25(26(31)22-28(30)34)9-7-4-5-8-11-29(35)37-21-18-32-16-19-36-20-17-32/h12-15,25-28,30,33-34H,2-11,16-22H2,1H3/t25?,26-,27?,28-,30?/m1/s1. The lowest BCUT2D eigenvalue weighted by Crippen LogP contribution is -2.38. The van der Waals surface area contributed by atoms with Crippen molar-refractivity contribution in [2.24, 2.45) is 5.92 Å². The minimum Gasteiger partial charge on any atom is -0.464 e. The zero-order valence-electron chi connectivity index (χ0n) is 22.7. The zero-order chi connectivity index (χ0) is 26.5. The Hall–Kier alpha value is -1.18. The zero-order valence-corrected chi connectivity index (χ0v) is 23.4. The van der Waals surface area contributed by atoms with Crippen LogP contribution in [0, 0.1) is 5.92 Å². The number of carbonyl (C=O) groups excluding carboxylic acids is 1. The largest absolute Gasteiger partial charge is 0.464 e. The predicted octanol–water partition coefficient (Wildman–Crippen LogP) is 5.59. The van der Waals surface area contributed by atoms with Crippen molar-refractivity contribution in [2.75, 3.05) is 39.5 Å². The van der Waals surface area contributed by atoms with Gasteiger partial charge >= 0.3 is 5.97 Å². The van der Waals surface area contributed by atoms with Crippen molar-refractivity contribution in [2.45, 2.75) is 101 Å². The number of aliphatic hydroxyl groups is 2. The van der Waals surface area contributed by atoms with E-state index in [-0.39, 0.29) is 23.2 Å². The number of nitrogens with zero attached hydrogens (tertiary/aromatic N) is 1. The lowest BCUT2D eigenvalue weighted by molar-refractivity contribution is -0.144. The number of esters is 1. The second-order valence-corrected chi connectivity index (χ2v) is 11.4. The summed E-state index contributed by atoms with van der Waals surface area (Å²) >= 11 is 6.69. The molecule has 1 aliphatic carbocycles. The van der Waals surface area contributed by atoms with Crippen LogP contribution in [0.2, 0.25) is 0 Å². The summed E-state index contributed by atoms with van der Waals surface area (Å²) in [5.74, 6) is 0.171. The number of halogens is 1. The molecule has 0 bridgehead atoms. The fourth-order valence-electron chi connectivity index (χ4n) is 5.78. The van der Waals surface area contributed by atoms with Crippen LogP contribution in [0.25, 0.3) is 0 Å². The first kappa shape index (κ1) is 30.4. The number of unbranched alkanes of at least 4 members (excludes halogenated alkanes) is 5. The summed E-state index contributed by atoms with van der Waals surface area (Å²) < 4.78 is 10.7. The van der Waals surface area contributed by atoms with Crippen molar-refractivity contribution in [1.82, 2.24) is 4.90 Å². The maximum absolute atomic E-state index is 12.0. The second-order valence-electron chi connectivity index (χ2n) is 10.8. The molecule has 3 unspecified atom stereocenters. The van der Waals surface area contributed by atoms with Crippen LogP contribution in [0.3, 0.4) is 0 Å². The normalized spacial score (nSPS) is 25.3. The third-order valence-corrected chi connectivity index (χ3v) is 8.54. The molecule has 210 valence electrons. The molecule has 1 aliphatic heterocycles. The smallest absolute Gasteiger partial charge is 0.305 e. The molecule has 2 fully saturated rings. The summed E-state index contributed by atoms with van der Waals surface area (Å²) in [7, 11) is 0. The number of aliphatic hydroxyl groups excluding tert-OH is 2. The average molecular weight is 538 g/mol. The van der Waals surface area contributed by atoms with Gasteiger partial charge in [-0.3, -0.25) is 9.69 Å². The van der Waals surface area contributed by atoms with E-state index in [1.165, 1.54) is 0 Å². The molecule has 0 radical (unpaired) electrons. The number of hydrogen-bond acceptors (Lipinski definition) is 6. The highest BCUT2D eigenvalue weighted by Gasteiger charge is 2.41. The van der Waals surface area contributed by atoms with E-state index in [2.05, 4.69) is 24.0 Å². The van der Waals surface area contributed by atoms with Gasteiger partial charge in [0, 0.05) is 37.4 Å². The van der Waals surface area contributed by atoms with Gasteiger partial charge < -0.3 is 19.7 Å². The van der Waals surface area contributed by atoms with Crippen molar-refractivity contribution < 1.29 is 24.5 Å². The quantitative estimate of drug-likeness (QED) is 0.163. The molecular formula is C30H48ClNO5. The molecular weight excluding hydrogens is 490 g/mol. The Morgan fingerprint density at radius 2 is 1.84 bits per heavy atom. The molecule has 6 nitrogen and oxygen atoms in total. The Morgan fingerprint density at radius 3 is 2.57 bits per heavy atom. The van der Waals surface area contributed by atoms with Crippen molar-refractivity contribution in [3.8, 4) is 0 Å². The Bertz CT molecular complexity index is 770. The monoisotopic (exact) mass is 537 g/mol. The van der Waals surface area contributed by atoms with Crippen LogP contribution in [-0.2, 0) is 14.3 Å². The maximum Gasteiger partial charge on any atom is 0.305 e. The van der Waals surface area contributed by atoms with Gasteiger partial charge in [-0.1, -0.05) is 69.7 Å². The van der Waals surface area contributed by atoms with Crippen LogP contribution in [0.4, 0.5) is 0 Å². The molecule has 0 amide bonds. The first-order chi connectivity index (χ1) is 18.0. The third kappa shape index (κ3) is 10.1.